The monoisotopic (exact) mass is 429 g/mol. The molecule has 0 saturated heterocycles. The van der Waals surface area contributed by atoms with Crippen LogP contribution in [0.5, 0.6) is 5.75 Å². The molecule has 2 aromatic rings. The molecule has 0 aliphatic carbocycles. The minimum Gasteiger partial charge on any atom is -0.490 e. The number of rotatable bonds is 5. The van der Waals surface area contributed by atoms with Gasteiger partial charge in [0.15, 0.2) is 0 Å². The van der Waals surface area contributed by atoms with Gasteiger partial charge in [-0.25, -0.2) is 0 Å². The molecule has 156 valence electrons. The number of nitro groups is 1. The molecule has 2 aromatic carbocycles. The van der Waals surface area contributed by atoms with Gasteiger partial charge in [-0.2, -0.15) is 0 Å². The maximum Gasteiger partial charge on any atom is 0.282 e. The maximum atomic E-state index is 13.0. The lowest BCUT2D eigenvalue weighted by molar-refractivity contribution is -0.385. The van der Waals surface area contributed by atoms with E-state index in [-0.39, 0.29) is 35.3 Å². The van der Waals surface area contributed by atoms with Crippen molar-refractivity contribution in [3.63, 3.8) is 0 Å². The Morgan fingerprint density at radius 3 is 2.77 bits per heavy atom. The number of benzene rings is 2. The number of carbonyl (C=O) groups is 2. The van der Waals surface area contributed by atoms with E-state index >= 15 is 0 Å². The molecule has 0 fully saturated rings. The average molecular weight is 430 g/mol. The third-order valence-corrected chi connectivity index (χ3v) is 4.87. The number of fused-ring (bicyclic) bond motifs is 1. The van der Waals surface area contributed by atoms with Crippen LogP contribution >= 0.6 is 11.6 Å². The highest BCUT2D eigenvalue weighted by atomic mass is 35.5. The van der Waals surface area contributed by atoms with Gasteiger partial charge in [-0.1, -0.05) is 17.7 Å². The molecule has 0 saturated carbocycles. The van der Waals surface area contributed by atoms with Gasteiger partial charge >= 0.3 is 0 Å². The summed E-state index contributed by atoms with van der Waals surface area (Å²) >= 11 is 5.91. The van der Waals surface area contributed by atoms with E-state index in [0.717, 1.165) is 0 Å². The number of hydrogen-bond donors (Lipinski definition) is 1. The van der Waals surface area contributed by atoms with Crippen LogP contribution in [-0.2, 0) is 4.79 Å². The van der Waals surface area contributed by atoms with E-state index in [1.165, 1.54) is 23.1 Å². The van der Waals surface area contributed by atoms with E-state index in [1.54, 1.807) is 38.1 Å². The summed E-state index contributed by atoms with van der Waals surface area (Å²) in [5.74, 6) is -0.349. The van der Waals surface area contributed by atoms with Gasteiger partial charge in [0.25, 0.3) is 11.6 Å². The van der Waals surface area contributed by atoms with Crippen molar-refractivity contribution in [3.8, 4) is 5.75 Å². The highest BCUT2D eigenvalue weighted by Crippen LogP contribution is 2.38. The summed E-state index contributed by atoms with van der Waals surface area (Å²) in [4.78, 5) is 37.8. The Morgan fingerprint density at radius 2 is 2.10 bits per heavy atom. The molecule has 3 rings (SSSR count). The SMILES string of the molecule is C=CCN1C(=O)C(C)(C)COc2ccc(NC(=O)c3cc(Cl)ccc3[N+](=O)[O-])cc21. The molecule has 2 amide bonds. The minimum absolute atomic E-state index is 0.143. The summed E-state index contributed by atoms with van der Waals surface area (Å²) in [6.07, 6.45) is 1.60. The predicted octanol–water partition coefficient (Wildman–Crippen LogP) is 4.44. The number of halogens is 1. The molecule has 1 N–H and O–H groups in total. The lowest BCUT2D eigenvalue weighted by atomic mass is 9.93. The number of nitro benzene ring substituents is 1. The predicted molar refractivity (Wildman–Crippen MR) is 114 cm³/mol. The van der Waals surface area contributed by atoms with Crippen LogP contribution < -0.4 is 15.0 Å². The average Bonchev–Trinajstić information content (AvgIpc) is 2.78. The number of anilines is 2. The first kappa shape index (κ1) is 21.3. The molecule has 1 aliphatic rings. The Balaban J connectivity index is 1.97. The van der Waals surface area contributed by atoms with E-state index in [4.69, 9.17) is 16.3 Å². The van der Waals surface area contributed by atoms with Crippen molar-refractivity contribution in [3.05, 3.63) is 69.8 Å². The summed E-state index contributed by atoms with van der Waals surface area (Å²) < 4.78 is 5.81. The van der Waals surface area contributed by atoms with Crippen LogP contribution in [0.4, 0.5) is 17.1 Å². The van der Waals surface area contributed by atoms with Crippen molar-refractivity contribution < 1.29 is 19.2 Å². The first-order valence-corrected chi connectivity index (χ1v) is 9.47. The van der Waals surface area contributed by atoms with Crippen molar-refractivity contribution in [1.29, 1.82) is 0 Å². The van der Waals surface area contributed by atoms with Crippen LogP contribution in [-0.4, -0.2) is 29.9 Å². The summed E-state index contributed by atoms with van der Waals surface area (Å²) in [7, 11) is 0. The van der Waals surface area contributed by atoms with Gasteiger partial charge in [0.2, 0.25) is 5.91 Å². The molecule has 0 atom stereocenters. The first-order valence-electron chi connectivity index (χ1n) is 9.09. The number of nitrogens with zero attached hydrogens (tertiary/aromatic N) is 2. The smallest absolute Gasteiger partial charge is 0.282 e. The fourth-order valence-electron chi connectivity index (χ4n) is 3.08. The van der Waals surface area contributed by atoms with Crippen molar-refractivity contribution >= 4 is 40.5 Å². The van der Waals surface area contributed by atoms with Gasteiger partial charge in [-0.3, -0.25) is 19.7 Å². The molecule has 30 heavy (non-hydrogen) atoms. The molecule has 0 aromatic heterocycles. The zero-order valence-corrected chi connectivity index (χ0v) is 17.2. The van der Waals surface area contributed by atoms with Gasteiger partial charge in [-0.15, -0.1) is 6.58 Å². The normalized spacial score (nSPS) is 14.9. The Kier molecular flexibility index (Phi) is 5.80. The molecule has 1 heterocycles. The Morgan fingerprint density at radius 1 is 1.37 bits per heavy atom. The number of carbonyl (C=O) groups excluding carboxylic acids is 2. The molecular weight excluding hydrogens is 410 g/mol. The van der Waals surface area contributed by atoms with Crippen LogP contribution in [0.25, 0.3) is 0 Å². The topological polar surface area (TPSA) is 102 Å². The Bertz CT molecular complexity index is 1050. The van der Waals surface area contributed by atoms with E-state index in [1.807, 2.05) is 0 Å². The van der Waals surface area contributed by atoms with Crippen LogP contribution in [0.3, 0.4) is 0 Å². The third kappa shape index (κ3) is 4.13. The second kappa shape index (κ2) is 8.16. The van der Waals surface area contributed by atoms with E-state index in [0.29, 0.717) is 17.1 Å². The molecule has 8 nitrogen and oxygen atoms in total. The van der Waals surface area contributed by atoms with Gasteiger partial charge in [0.1, 0.15) is 17.9 Å². The van der Waals surface area contributed by atoms with Crippen LogP contribution in [0.1, 0.15) is 24.2 Å². The van der Waals surface area contributed by atoms with Gasteiger partial charge in [0, 0.05) is 23.3 Å². The summed E-state index contributed by atoms with van der Waals surface area (Å²) in [5.41, 5.74) is -0.451. The highest BCUT2D eigenvalue weighted by molar-refractivity contribution is 6.31. The van der Waals surface area contributed by atoms with Crippen molar-refractivity contribution in [2.75, 3.05) is 23.4 Å². The zero-order chi connectivity index (χ0) is 22.1. The second-order valence-electron chi connectivity index (χ2n) is 7.43. The highest BCUT2D eigenvalue weighted by Gasteiger charge is 2.37. The summed E-state index contributed by atoms with van der Waals surface area (Å²) in [6.45, 7) is 7.75. The maximum absolute atomic E-state index is 13.0. The number of nitrogens with one attached hydrogen (secondary N) is 1. The molecule has 0 bridgehead atoms. The lowest BCUT2D eigenvalue weighted by Gasteiger charge is -2.27. The van der Waals surface area contributed by atoms with E-state index in [2.05, 4.69) is 11.9 Å². The largest absolute Gasteiger partial charge is 0.490 e. The fourth-order valence-corrected chi connectivity index (χ4v) is 3.25. The number of amides is 2. The Labute approximate surface area is 178 Å². The molecule has 9 heteroatoms. The lowest BCUT2D eigenvalue weighted by Crippen LogP contribution is -2.42. The van der Waals surface area contributed by atoms with Crippen molar-refractivity contribution in [2.45, 2.75) is 13.8 Å². The second-order valence-corrected chi connectivity index (χ2v) is 7.87. The quantitative estimate of drug-likeness (QED) is 0.430. The van der Waals surface area contributed by atoms with Crippen molar-refractivity contribution in [2.24, 2.45) is 5.41 Å². The van der Waals surface area contributed by atoms with Crippen LogP contribution in [0.15, 0.2) is 49.1 Å². The molecule has 0 radical (unpaired) electrons. The van der Waals surface area contributed by atoms with Gasteiger partial charge in [-0.05, 0) is 44.2 Å². The van der Waals surface area contributed by atoms with Gasteiger partial charge in [0.05, 0.1) is 16.0 Å². The first-order chi connectivity index (χ1) is 14.1. The fraction of sp³-hybridized carbons (Fsp3) is 0.238. The molecule has 1 aliphatic heterocycles. The van der Waals surface area contributed by atoms with Crippen molar-refractivity contribution in [1.82, 2.24) is 0 Å². The van der Waals surface area contributed by atoms with E-state index < -0.39 is 16.2 Å². The molecule has 0 spiro atoms. The zero-order valence-electron chi connectivity index (χ0n) is 16.5. The van der Waals surface area contributed by atoms with Gasteiger partial charge < -0.3 is 15.0 Å². The molecule has 0 unspecified atom stereocenters. The summed E-state index contributed by atoms with van der Waals surface area (Å²) in [6, 6.07) is 8.58. The standard InChI is InChI=1S/C21H20ClN3O5/c1-4-9-24-17-11-14(6-8-18(17)30-12-21(2,3)20(24)27)23-19(26)15-10-13(22)5-7-16(15)25(28)29/h4-8,10-11H,1,9,12H2,2-3H3,(H,23,26). The Hall–Kier alpha value is -3.39. The van der Waals surface area contributed by atoms with Crippen LogP contribution in [0, 0.1) is 15.5 Å². The van der Waals surface area contributed by atoms with Crippen LogP contribution in [0.2, 0.25) is 5.02 Å². The molecular formula is C21H20ClN3O5. The summed E-state index contributed by atoms with van der Waals surface area (Å²) in [5, 5.41) is 14.1. The number of hydrogen-bond acceptors (Lipinski definition) is 5. The van der Waals surface area contributed by atoms with E-state index in [9.17, 15) is 19.7 Å². The third-order valence-electron chi connectivity index (χ3n) is 4.63. The number of ether oxygens (including phenoxy) is 1. The minimum atomic E-state index is -0.743.